The van der Waals surface area contributed by atoms with E-state index in [2.05, 4.69) is 20.6 Å². The largest absolute Gasteiger partial charge is 0.338 e. The number of aryl methyl sites for hydroxylation is 1. The number of benzene rings is 1. The van der Waals surface area contributed by atoms with Crippen molar-refractivity contribution in [3.8, 4) is 0 Å². The molecule has 1 aromatic heterocycles. The van der Waals surface area contributed by atoms with Crippen molar-refractivity contribution in [2.45, 2.75) is 13.8 Å². The van der Waals surface area contributed by atoms with Crippen LogP contribution in [0.25, 0.3) is 11.0 Å². The van der Waals surface area contributed by atoms with Crippen LogP contribution in [0.1, 0.15) is 12.5 Å². The summed E-state index contributed by atoms with van der Waals surface area (Å²) >= 11 is 0. The lowest BCUT2D eigenvalue weighted by atomic mass is 10.2. The van der Waals surface area contributed by atoms with Crippen molar-refractivity contribution in [2.24, 2.45) is 0 Å². The molecule has 0 fully saturated rings. The van der Waals surface area contributed by atoms with E-state index < -0.39 is 0 Å². The highest BCUT2D eigenvalue weighted by Gasteiger charge is 2.06. The molecule has 0 unspecified atom stereocenters. The van der Waals surface area contributed by atoms with E-state index in [1.807, 2.05) is 32.0 Å². The van der Waals surface area contributed by atoms with Crippen LogP contribution in [0.15, 0.2) is 18.2 Å². The predicted octanol–water partition coefficient (Wildman–Crippen LogP) is 2.01. The molecule has 5 nitrogen and oxygen atoms in total. The molecule has 0 atom stereocenters. The molecule has 3 N–H and O–H groups in total. The monoisotopic (exact) mass is 218 g/mol. The fourth-order valence-corrected chi connectivity index (χ4v) is 1.55. The Hall–Kier alpha value is -2.04. The number of para-hydroxylation sites is 1. The average Bonchev–Trinajstić information content (AvgIpc) is 2.62. The van der Waals surface area contributed by atoms with Crippen LogP contribution in [-0.2, 0) is 0 Å². The van der Waals surface area contributed by atoms with Gasteiger partial charge in [0.05, 0.1) is 11.0 Å². The van der Waals surface area contributed by atoms with Crippen LogP contribution in [0.3, 0.4) is 0 Å². The third-order valence-electron chi connectivity index (χ3n) is 2.28. The molecule has 0 saturated heterocycles. The molecule has 0 aliphatic carbocycles. The first-order valence-corrected chi connectivity index (χ1v) is 5.21. The molecule has 0 aliphatic rings. The Bertz CT molecular complexity index is 518. The molecule has 2 amide bonds. The van der Waals surface area contributed by atoms with Gasteiger partial charge in [-0.2, -0.15) is 0 Å². The molecule has 0 bridgehead atoms. The van der Waals surface area contributed by atoms with Crippen molar-refractivity contribution in [1.29, 1.82) is 0 Å². The summed E-state index contributed by atoms with van der Waals surface area (Å²) < 4.78 is 0. The van der Waals surface area contributed by atoms with E-state index in [0.717, 1.165) is 16.6 Å². The number of hydrogen-bond donors (Lipinski definition) is 3. The molecular formula is C11H14N4O. The van der Waals surface area contributed by atoms with Crippen LogP contribution < -0.4 is 10.6 Å². The minimum Gasteiger partial charge on any atom is -0.338 e. The first-order chi connectivity index (χ1) is 7.70. The number of amides is 2. The zero-order valence-corrected chi connectivity index (χ0v) is 9.29. The topological polar surface area (TPSA) is 69.8 Å². The van der Waals surface area contributed by atoms with E-state index in [4.69, 9.17) is 0 Å². The maximum atomic E-state index is 11.3. The minimum atomic E-state index is -0.251. The zero-order chi connectivity index (χ0) is 11.5. The molecule has 16 heavy (non-hydrogen) atoms. The number of carbonyl (C=O) groups excluding carboxylic acids is 1. The average molecular weight is 218 g/mol. The minimum absolute atomic E-state index is 0.251. The van der Waals surface area contributed by atoms with E-state index in [-0.39, 0.29) is 6.03 Å². The molecule has 1 heterocycles. The smallest absolute Gasteiger partial charge is 0.321 e. The maximum Gasteiger partial charge on any atom is 0.321 e. The van der Waals surface area contributed by atoms with Gasteiger partial charge in [0.15, 0.2) is 0 Å². The Morgan fingerprint density at radius 3 is 3.00 bits per heavy atom. The Kier molecular flexibility index (Phi) is 2.76. The number of urea groups is 1. The Morgan fingerprint density at radius 2 is 2.31 bits per heavy atom. The Labute approximate surface area is 93.3 Å². The van der Waals surface area contributed by atoms with E-state index in [9.17, 15) is 4.79 Å². The lowest BCUT2D eigenvalue weighted by Gasteiger charge is -2.00. The van der Waals surface area contributed by atoms with Gasteiger partial charge in [0.25, 0.3) is 0 Å². The summed E-state index contributed by atoms with van der Waals surface area (Å²) in [5.41, 5.74) is 2.89. The van der Waals surface area contributed by atoms with Gasteiger partial charge in [-0.05, 0) is 25.5 Å². The maximum absolute atomic E-state index is 11.3. The van der Waals surface area contributed by atoms with Crippen LogP contribution >= 0.6 is 0 Å². The number of nitrogens with zero attached hydrogens (tertiary/aromatic N) is 1. The highest BCUT2D eigenvalue weighted by atomic mass is 16.2. The summed E-state index contributed by atoms with van der Waals surface area (Å²) in [5, 5.41) is 5.29. The molecule has 2 aromatic rings. The van der Waals surface area contributed by atoms with Crippen LogP contribution in [0.2, 0.25) is 0 Å². The zero-order valence-electron chi connectivity index (χ0n) is 9.29. The van der Waals surface area contributed by atoms with Crippen molar-refractivity contribution in [2.75, 3.05) is 11.9 Å². The summed E-state index contributed by atoms with van der Waals surface area (Å²) in [6.07, 6.45) is 0. The Balaban J connectivity index is 2.26. The van der Waals surface area contributed by atoms with Crippen LogP contribution in [0.4, 0.5) is 10.7 Å². The van der Waals surface area contributed by atoms with Gasteiger partial charge >= 0.3 is 6.03 Å². The van der Waals surface area contributed by atoms with Gasteiger partial charge in [0, 0.05) is 6.54 Å². The van der Waals surface area contributed by atoms with Crippen LogP contribution in [-0.4, -0.2) is 22.5 Å². The lowest BCUT2D eigenvalue weighted by Crippen LogP contribution is -2.28. The van der Waals surface area contributed by atoms with Gasteiger partial charge in [0.2, 0.25) is 5.95 Å². The number of imidazole rings is 1. The molecule has 0 radical (unpaired) electrons. The third kappa shape index (κ3) is 1.98. The second-order valence-corrected chi connectivity index (χ2v) is 3.54. The molecule has 0 aliphatic heterocycles. The first kappa shape index (κ1) is 10.5. The fraction of sp³-hybridized carbons (Fsp3) is 0.273. The quantitative estimate of drug-likeness (QED) is 0.721. The second-order valence-electron chi connectivity index (χ2n) is 3.54. The summed E-state index contributed by atoms with van der Waals surface area (Å²) in [4.78, 5) is 18.6. The predicted molar refractivity (Wildman–Crippen MR) is 63.5 cm³/mol. The standard InChI is InChI=1S/C11H14N4O/c1-3-12-11(16)15-10-13-8-6-4-5-7(2)9(8)14-10/h4-6H,3H2,1-2H3,(H3,12,13,14,15,16). The fourth-order valence-electron chi connectivity index (χ4n) is 1.55. The summed E-state index contributed by atoms with van der Waals surface area (Å²) in [6.45, 7) is 4.44. The number of H-pyrrole nitrogens is 1. The molecular weight excluding hydrogens is 204 g/mol. The van der Waals surface area contributed by atoms with Gasteiger partial charge in [-0.15, -0.1) is 0 Å². The number of hydrogen-bond acceptors (Lipinski definition) is 2. The van der Waals surface area contributed by atoms with Crippen LogP contribution in [0, 0.1) is 6.92 Å². The number of rotatable bonds is 2. The normalized spacial score (nSPS) is 10.4. The van der Waals surface area contributed by atoms with E-state index in [0.29, 0.717) is 12.5 Å². The Morgan fingerprint density at radius 1 is 1.50 bits per heavy atom. The summed E-state index contributed by atoms with van der Waals surface area (Å²) in [6, 6.07) is 5.61. The number of nitrogens with one attached hydrogen (secondary N) is 3. The molecule has 0 saturated carbocycles. The van der Waals surface area contributed by atoms with Gasteiger partial charge in [-0.25, -0.2) is 9.78 Å². The third-order valence-corrected chi connectivity index (χ3v) is 2.28. The highest BCUT2D eigenvalue weighted by Crippen LogP contribution is 2.17. The number of carbonyl (C=O) groups is 1. The summed E-state index contributed by atoms with van der Waals surface area (Å²) in [7, 11) is 0. The van der Waals surface area contributed by atoms with Gasteiger partial charge in [-0.1, -0.05) is 12.1 Å². The number of aromatic amines is 1. The molecule has 0 spiro atoms. The molecule has 2 rings (SSSR count). The number of aromatic nitrogens is 2. The van der Waals surface area contributed by atoms with Crippen molar-refractivity contribution < 1.29 is 4.79 Å². The molecule has 84 valence electrons. The number of anilines is 1. The lowest BCUT2D eigenvalue weighted by molar-refractivity contribution is 0.252. The second kappa shape index (κ2) is 4.22. The molecule has 1 aromatic carbocycles. The van der Waals surface area contributed by atoms with Gasteiger partial charge in [-0.3, -0.25) is 5.32 Å². The highest BCUT2D eigenvalue weighted by molar-refractivity contribution is 5.90. The van der Waals surface area contributed by atoms with Gasteiger partial charge in [0.1, 0.15) is 0 Å². The summed E-state index contributed by atoms with van der Waals surface area (Å²) in [5.74, 6) is 0.468. The van der Waals surface area contributed by atoms with Crippen molar-refractivity contribution in [3.63, 3.8) is 0 Å². The van der Waals surface area contributed by atoms with Crippen molar-refractivity contribution in [3.05, 3.63) is 23.8 Å². The van der Waals surface area contributed by atoms with Crippen LogP contribution in [0.5, 0.6) is 0 Å². The van der Waals surface area contributed by atoms with E-state index in [1.165, 1.54) is 0 Å². The first-order valence-electron chi connectivity index (χ1n) is 5.21. The van der Waals surface area contributed by atoms with Crippen molar-refractivity contribution in [1.82, 2.24) is 15.3 Å². The van der Waals surface area contributed by atoms with E-state index >= 15 is 0 Å². The van der Waals surface area contributed by atoms with E-state index in [1.54, 1.807) is 0 Å². The van der Waals surface area contributed by atoms with Crippen molar-refractivity contribution >= 4 is 23.0 Å². The van der Waals surface area contributed by atoms with Gasteiger partial charge < -0.3 is 10.3 Å². The number of fused-ring (bicyclic) bond motifs is 1. The SMILES string of the molecule is CCNC(=O)Nc1nc2c(C)cccc2[nH]1. The molecule has 5 heteroatoms.